The highest BCUT2D eigenvalue weighted by atomic mass is 16.5. The molecule has 1 amide bonds. The van der Waals surface area contributed by atoms with E-state index in [2.05, 4.69) is 10.6 Å². The van der Waals surface area contributed by atoms with Gasteiger partial charge in [-0.15, -0.1) is 0 Å². The minimum atomic E-state index is -0.228. The number of rotatable bonds is 5. The molecule has 0 unspecified atom stereocenters. The molecule has 4 rings (SSSR count). The quantitative estimate of drug-likeness (QED) is 0.642. The molecule has 1 aliphatic rings. The zero-order chi connectivity index (χ0) is 19.5. The first-order valence-corrected chi connectivity index (χ1v) is 9.73. The molecule has 2 heterocycles. The van der Waals surface area contributed by atoms with Crippen molar-refractivity contribution in [2.45, 2.75) is 32.9 Å². The molecule has 0 spiro atoms. The number of amides is 1. The zero-order valence-electron chi connectivity index (χ0n) is 16.1. The number of carbonyl (C=O) groups is 2. The van der Waals surface area contributed by atoms with Gasteiger partial charge in [-0.3, -0.25) is 9.59 Å². The van der Waals surface area contributed by atoms with Crippen molar-refractivity contribution < 1.29 is 14.3 Å². The highest BCUT2D eigenvalue weighted by Gasteiger charge is 2.27. The lowest BCUT2D eigenvalue weighted by atomic mass is 10.0. The van der Waals surface area contributed by atoms with Crippen molar-refractivity contribution in [2.75, 3.05) is 13.2 Å². The molecule has 0 fully saturated rings. The molecule has 0 saturated carbocycles. The zero-order valence-corrected chi connectivity index (χ0v) is 16.1. The highest BCUT2D eigenvalue weighted by molar-refractivity contribution is 5.88. The highest BCUT2D eigenvalue weighted by Crippen LogP contribution is 2.31. The lowest BCUT2D eigenvalue weighted by Crippen LogP contribution is -2.37. The van der Waals surface area contributed by atoms with Crippen LogP contribution in [0.5, 0.6) is 0 Å². The summed E-state index contributed by atoms with van der Waals surface area (Å²) in [5.74, 6) is -0.0901. The lowest BCUT2D eigenvalue weighted by Gasteiger charge is -2.28. The van der Waals surface area contributed by atoms with E-state index in [1.54, 1.807) is 0 Å². The van der Waals surface area contributed by atoms with Gasteiger partial charge in [0, 0.05) is 41.7 Å². The molecule has 3 aromatic rings. The number of aromatic nitrogens is 1. The molecule has 1 aromatic heterocycles. The normalized spacial score (nSPS) is 13.4. The van der Waals surface area contributed by atoms with Gasteiger partial charge < -0.3 is 14.2 Å². The Labute approximate surface area is 164 Å². The number of para-hydroxylation sites is 1. The Kier molecular flexibility index (Phi) is 5.15. The standard InChI is InChI=1S/C23H24N2O3/c1-2-28-23(27)16-25-20-11-7-6-10-18(20)19-15-24(13-12-21(19)25)22(26)14-17-8-4-3-5-9-17/h3-11H,2,12-16H2,1H3. The van der Waals surface area contributed by atoms with Gasteiger partial charge in [-0.1, -0.05) is 48.5 Å². The molecule has 28 heavy (non-hydrogen) atoms. The summed E-state index contributed by atoms with van der Waals surface area (Å²) in [4.78, 5) is 26.9. The molecule has 0 atom stereocenters. The van der Waals surface area contributed by atoms with Crippen molar-refractivity contribution in [1.29, 1.82) is 0 Å². The SMILES string of the molecule is CCOC(=O)Cn1c2c(c3ccccc31)CN(C(=O)Cc1ccccc1)CC2. The van der Waals surface area contributed by atoms with Crippen LogP contribution in [0.3, 0.4) is 0 Å². The Hall–Kier alpha value is -3.08. The Bertz CT molecular complexity index is 1010. The summed E-state index contributed by atoms with van der Waals surface area (Å²) in [5.41, 5.74) is 4.34. The summed E-state index contributed by atoms with van der Waals surface area (Å²) in [7, 11) is 0. The van der Waals surface area contributed by atoms with E-state index in [9.17, 15) is 9.59 Å². The Morgan fingerprint density at radius 3 is 2.57 bits per heavy atom. The number of ether oxygens (including phenoxy) is 1. The molecule has 0 N–H and O–H groups in total. The smallest absolute Gasteiger partial charge is 0.325 e. The van der Waals surface area contributed by atoms with Crippen LogP contribution >= 0.6 is 0 Å². The summed E-state index contributed by atoms with van der Waals surface area (Å²) in [6.07, 6.45) is 1.15. The van der Waals surface area contributed by atoms with Gasteiger partial charge in [-0.05, 0) is 18.6 Å². The van der Waals surface area contributed by atoms with Crippen LogP contribution in [0.1, 0.15) is 23.7 Å². The van der Waals surface area contributed by atoms with E-state index in [1.807, 2.05) is 60.4 Å². The van der Waals surface area contributed by atoms with Crippen LogP contribution in [-0.4, -0.2) is 34.5 Å². The van der Waals surface area contributed by atoms with Crippen molar-refractivity contribution >= 4 is 22.8 Å². The number of carbonyl (C=O) groups excluding carboxylic acids is 2. The van der Waals surface area contributed by atoms with E-state index in [0.29, 0.717) is 26.1 Å². The minimum absolute atomic E-state index is 0.138. The molecule has 5 nitrogen and oxygen atoms in total. The van der Waals surface area contributed by atoms with E-state index < -0.39 is 0 Å². The molecule has 0 saturated heterocycles. The van der Waals surface area contributed by atoms with Crippen LogP contribution in [0.25, 0.3) is 10.9 Å². The van der Waals surface area contributed by atoms with E-state index in [4.69, 9.17) is 4.74 Å². The summed E-state index contributed by atoms with van der Waals surface area (Å²) in [6, 6.07) is 17.9. The second kappa shape index (κ2) is 7.89. The monoisotopic (exact) mass is 376 g/mol. The minimum Gasteiger partial charge on any atom is -0.465 e. The fraction of sp³-hybridized carbons (Fsp3) is 0.304. The second-order valence-electron chi connectivity index (χ2n) is 7.06. The third-order valence-electron chi connectivity index (χ3n) is 5.31. The van der Waals surface area contributed by atoms with Crippen LogP contribution in [-0.2, 0) is 40.3 Å². The van der Waals surface area contributed by atoms with Crippen molar-refractivity contribution in [1.82, 2.24) is 9.47 Å². The topological polar surface area (TPSA) is 51.5 Å². The number of benzene rings is 2. The second-order valence-corrected chi connectivity index (χ2v) is 7.06. The van der Waals surface area contributed by atoms with E-state index in [0.717, 1.165) is 34.1 Å². The van der Waals surface area contributed by atoms with Gasteiger partial charge in [0.1, 0.15) is 6.54 Å². The van der Waals surface area contributed by atoms with Crippen LogP contribution in [0.15, 0.2) is 54.6 Å². The van der Waals surface area contributed by atoms with Crippen molar-refractivity contribution in [2.24, 2.45) is 0 Å². The molecule has 1 aliphatic heterocycles. The maximum absolute atomic E-state index is 12.8. The average Bonchev–Trinajstić information content (AvgIpc) is 3.02. The van der Waals surface area contributed by atoms with Gasteiger partial charge in [0.15, 0.2) is 0 Å². The number of fused-ring (bicyclic) bond motifs is 3. The molecule has 0 radical (unpaired) electrons. The average molecular weight is 376 g/mol. The van der Waals surface area contributed by atoms with Crippen LogP contribution in [0.2, 0.25) is 0 Å². The predicted octanol–water partition coefficient (Wildman–Crippen LogP) is 3.33. The third kappa shape index (κ3) is 3.52. The van der Waals surface area contributed by atoms with Crippen LogP contribution in [0.4, 0.5) is 0 Å². The number of hydrogen-bond acceptors (Lipinski definition) is 3. The van der Waals surface area contributed by atoms with Crippen molar-refractivity contribution in [3.63, 3.8) is 0 Å². The Morgan fingerprint density at radius 2 is 1.79 bits per heavy atom. The van der Waals surface area contributed by atoms with Gasteiger partial charge >= 0.3 is 5.97 Å². The molecular weight excluding hydrogens is 352 g/mol. The molecule has 144 valence electrons. The van der Waals surface area contributed by atoms with Gasteiger partial charge in [-0.2, -0.15) is 0 Å². The summed E-state index contributed by atoms with van der Waals surface area (Å²) >= 11 is 0. The molecular formula is C23H24N2O3. The van der Waals surface area contributed by atoms with Crippen LogP contribution < -0.4 is 0 Å². The fourth-order valence-corrected chi connectivity index (χ4v) is 4.01. The lowest BCUT2D eigenvalue weighted by molar-refractivity contribution is -0.143. The first kappa shape index (κ1) is 18.3. The Balaban J connectivity index is 1.61. The van der Waals surface area contributed by atoms with Gasteiger partial charge in [-0.25, -0.2) is 0 Å². The maximum atomic E-state index is 12.8. The predicted molar refractivity (Wildman–Crippen MR) is 108 cm³/mol. The number of esters is 1. The number of hydrogen-bond donors (Lipinski definition) is 0. The summed E-state index contributed by atoms with van der Waals surface area (Å²) in [6.45, 7) is 3.65. The maximum Gasteiger partial charge on any atom is 0.325 e. The van der Waals surface area contributed by atoms with Gasteiger partial charge in [0.05, 0.1) is 13.0 Å². The first-order valence-electron chi connectivity index (χ1n) is 9.73. The van der Waals surface area contributed by atoms with E-state index >= 15 is 0 Å². The first-order chi connectivity index (χ1) is 13.7. The van der Waals surface area contributed by atoms with Crippen molar-refractivity contribution in [3.8, 4) is 0 Å². The van der Waals surface area contributed by atoms with E-state index in [-0.39, 0.29) is 18.4 Å². The van der Waals surface area contributed by atoms with E-state index in [1.165, 1.54) is 0 Å². The van der Waals surface area contributed by atoms with Gasteiger partial charge in [0.2, 0.25) is 5.91 Å². The van der Waals surface area contributed by atoms with Gasteiger partial charge in [0.25, 0.3) is 0 Å². The summed E-state index contributed by atoms with van der Waals surface area (Å²) < 4.78 is 7.21. The largest absolute Gasteiger partial charge is 0.465 e. The third-order valence-corrected chi connectivity index (χ3v) is 5.31. The van der Waals surface area contributed by atoms with Crippen LogP contribution in [0, 0.1) is 0 Å². The molecule has 5 heteroatoms. The fourth-order valence-electron chi connectivity index (χ4n) is 4.01. The molecule has 0 bridgehead atoms. The van der Waals surface area contributed by atoms with Crippen molar-refractivity contribution in [3.05, 3.63) is 71.4 Å². The Morgan fingerprint density at radius 1 is 1.04 bits per heavy atom. The summed E-state index contributed by atoms with van der Waals surface area (Å²) in [5, 5.41) is 1.11. The number of nitrogens with zero attached hydrogens (tertiary/aromatic N) is 2. The molecule has 2 aromatic carbocycles. The molecule has 0 aliphatic carbocycles.